The average molecular weight is 426 g/mol. The molecule has 3 rings (SSSR count). The quantitative estimate of drug-likeness (QED) is 0.547. The van der Waals surface area contributed by atoms with Gasteiger partial charge in [-0.05, 0) is 42.3 Å². The number of rotatable bonds is 9. The van der Waals surface area contributed by atoms with E-state index in [4.69, 9.17) is 4.74 Å². The zero-order valence-corrected chi connectivity index (χ0v) is 18.0. The van der Waals surface area contributed by atoms with Crippen LogP contribution < -0.4 is 10.1 Å². The number of benzene rings is 3. The molecule has 3 aromatic carbocycles. The van der Waals surface area contributed by atoms with E-state index in [1.807, 2.05) is 37.3 Å². The molecule has 0 aliphatic rings. The van der Waals surface area contributed by atoms with Crippen LogP contribution in [0.5, 0.6) is 5.75 Å². The van der Waals surface area contributed by atoms with E-state index in [1.54, 1.807) is 55.6 Å². The number of ether oxygens (including phenoxy) is 1. The minimum Gasteiger partial charge on any atom is -0.497 e. The second-order valence-electron chi connectivity index (χ2n) is 7.23. The Balaban J connectivity index is 1.87. The topological polar surface area (TPSA) is 75.6 Å². The summed E-state index contributed by atoms with van der Waals surface area (Å²) in [7, 11) is -2.22. The highest BCUT2D eigenvalue weighted by Gasteiger charge is 2.34. The molecule has 3 aromatic rings. The van der Waals surface area contributed by atoms with Crippen molar-refractivity contribution < 1.29 is 18.3 Å². The molecular weight excluding hydrogens is 398 g/mol. The summed E-state index contributed by atoms with van der Waals surface area (Å²) in [5.41, 5.74) is 2.55. The van der Waals surface area contributed by atoms with Crippen LogP contribution in [-0.2, 0) is 16.4 Å². The number of sulfone groups is 1. The van der Waals surface area contributed by atoms with Crippen molar-refractivity contribution in [3.8, 4) is 5.75 Å². The van der Waals surface area contributed by atoms with Gasteiger partial charge in [0.25, 0.3) is 0 Å². The Morgan fingerprint density at radius 1 is 0.933 bits per heavy atom. The molecule has 2 N–H and O–H groups in total. The maximum atomic E-state index is 13.4. The lowest BCUT2D eigenvalue weighted by Crippen LogP contribution is -2.38. The van der Waals surface area contributed by atoms with E-state index < -0.39 is 21.2 Å². The normalized spacial score (nSPS) is 13.6. The fourth-order valence-electron chi connectivity index (χ4n) is 3.26. The number of hydrogen-bond acceptors (Lipinski definition) is 5. The summed E-state index contributed by atoms with van der Waals surface area (Å²) in [5, 5.41) is 13.2. The maximum absolute atomic E-state index is 13.4. The van der Waals surface area contributed by atoms with Gasteiger partial charge in [0.05, 0.1) is 18.1 Å². The molecule has 0 bridgehead atoms. The number of nitrogens with one attached hydrogen (secondary N) is 1. The zero-order chi connectivity index (χ0) is 21.6. The first-order valence-electron chi connectivity index (χ1n) is 9.79. The summed E-state index contributed by atoms with van der Waals surface area (Å²) in [6.45, 7) is 2.52. The van der Waals surface area contributed by atoms with Gasteiger partial charge in [-0.1, -0.05) is 60.2 Å². The highest BCUT2D eigenvalue weighted by molar-refractivity contribution is 7.92. The molecule has 0 aliphatic carbocycles. The summed E-state index contributed by atoms with van der Waals surface area (Å²) < 4.78 is 32.0. The molecule has 5 nitrogen and oxygen atoms in total. The maximum Gasteiger partial charge on any atom is 0.185 e. The molecule has 2 atom stereocenters. The van der Waals surface area contributed by atoms with Crippen LogP contribution in [-0.4, -0.2) is 32.4 Å². The summed E-state index contributed by atoms with van der Waals surface area (Å²) in [4.78, 5) is 0.201. The van der Waals surface area contributed by atoms with Crippen LogP contribution in [0.25, 0.3) is 0 Å². The van der Waals surface area contributed by atoms with Gasteiger partial charge < -0.3 is 15.2 Å². The van der Waals surface area contributed by atoms with Crippen molar-refractivity contribution in [1.82, 2.24) is 5.32 Å². The minimum absolute atomic E-state index is 0.109. The van der Waals surface area contributed by atoms with Crippen molar-refractivity contribution in [3.63, 3.8) is 0 Å². The third kappa shape index (κ3) is 5.27. The Bertz CT molecular complexity index is 1030. The van der Waals surface area contributed by atoms with Crippen molar-refractivity contribution in [2.45, 2.75) is 29.7 Å². The number of aliphatic hydroxyl groups is 1. The van der Waals surface area contributed by atoms with Gasteiger partial charge in [0, 0.05) is 13.1 Å². The lowest BCUT2D eigenvalue weighted by Gasteiger charge is -2.24. The Labute approximate surface area is 178 Å². The second kappa shape index (κ2) is 9.89. The van der Waals surface area contributed by atoms with Crippen molar-refractivity contribution in [2.75, 3.05) is 13.7 Å². The van der Waals surface area contributed by atoms with Crippen LogP contribution in [0.1, 0.15) is 22.8 Å². The van der Waals surface area contributed by atoms with Crippen LogP contribution in [0.4, 0.5) is 0 Å². The molecule has 0 fully saturated rings. The third-order valence-corrected chi connectivity index (χ3v) is 7.23. The molecule has 0 spiro atoms. The van der Waals surface area contributed by atoms with E-state index in [0.29, 0.717) is 17.9 Å². The van der Waals surface area contributed by atoms with Crippen molar-refractivity contribution in [2.24, 2.45) is 0 Å². The summed E-state index contributed by atoms with van der Waals surface area (Å²) in [5.74, 6) is 0.645. The monoisotopic (exact) mass is 425 g/mol. The van der Waals surface area contributed by atoms with Crippen LogP contribution in [0, 0.1) is 6.92 Å². The number of aryl methyl sites for hydroxylation is 1. The Morgan fingerprint density at radius 3 is 2.17 bits per heavy atom. The third-order valence-electron chi connectivity index (χ3n) is 5.08. The summed E-state index contributed by atoms with van der Waals surface area (Å²) >= 11 is 0. The van der Waals surface area contributed by atoms with Crippen molar-refractivity contribution in [1.29, 1.82) is 0 Å². The van der Waals surface area contributed by atoms with Crippen molar-refractivity contribution in [3.05, 3.63) is 95.6 Å². The lowest BCUT2D eigenvalue weighted by molar-refractivity contribution is 0.169. The van der Waals surface area contributed by atoms with Crippen molar-refractivity contribution >= 4 is 9.84 Å². The average Bonchev–Trinajstić information content (AvgIpc) is 2.77. The predicted octanol–water partition coefficient (Wildman–Crippen LogP) is 3.67. The van der Waals surface area contributed by atoms with E-state index in [9.17, 15) is 13.5 Å². The van der Waals surface area contributed by atoms with E-state index in [1.165, 1.54) is 0 Å². The smallest absolute Gasteiger partial charge is 0.185 e. The van der Waals surface area contributed by atoms with E-state index >= 15 is 0 Å². The molecule has 6 heteroatoms. The van der Waals surface area contributed by atoms with Gasteiger partial charge in [-0.15, -0.1) is 0 Å². The Hall–Kier alpha value is -2.67. The first-order valence-corrected chi connectivity index (χ1v) is 11.3. The molecule has 0 amide bonds. The minimum atomic E-state index is -3.78. The molecule has 158 valence electrons. The van der Waals surface area contributed by atoms with Crippen LogP contribution in [0.15, 0.2) is 83.8 Å². The highest BCUT2D eigenvalue weighted by atomic mass is 32.2. The molecule has 2 unspecified atom stereocenters. The second-order valence-corrected chi connectivity index (χ2v) is 9.40. The molecule has 0 aliphatic heterocycles. The van der Waals surface area contributed by atoms with Crippen LogP contribution >= 0.6 is 0 Å². The molecule has 0 radical (unpaired) electrons. The van der Waals surface area contributed by atoms with E-state index in [-0.39, 0.29) is 11.4 Å². The first kappa shape index (κ1) is 22.0. The van der Waals surface area contributed by atoms with Gasteiger partial charge in [0.1, 0.15) is 11.0 Å². The molecule has 0 heterocycles. The molecule has 30 heavy (non-hydrogen) atoms. The number of aliphatic hydroxyl groups excluding tert-OH is 1. The van der Waals surface area contributed by atoms with Gasteiger partial charge in [-0.3, -0.25) is 0 Å². The molecular formula is C24H27NO4S. The van der Waals surface area contributed by atoms with E-state index in [0.717, 1.165) is 11.1 Å². The van der Waals surface area contributed by atoms with Crippen LogP contribution in [0.2, 0.25) is 0 Å². The molecule has 0 saturated heterocycles. The lowest BCUT2D eigenvalue weighted by atomic mass is 10.1. The van der Waals surface area contributed by atoms with Gasteiger partial charge >= 0.3 is 0 Å². The number of methoxy groups -OCH3 is 1. The van der Waals surface area contributed by atoms with Gasteiger partial charge in [0.15, 0.2) is 9.84 Å². The van der Waals surface area contributed by atoms with Crippen LogP contribution in [0.3, 0.4) is 0 Å². The van der Waals surface area contributed by atoms with Gasteiger partial charge in [-0.2, -0.15) is 0 Å². The summed E-state index contributed by atoms with van der Waals surface area (Å²) in [6, 6.07) is 23.3. The standard InChI is InChI=1S/C24H27NO4S/c1-18-8-14-22(15-9-18)30(27,28)23(17-25-16-19-6-4-3-5-7-19)24(26)20-10-12-21(29-2)13-11-20/h3-15,23-26H,16-17H2,1-2H3. The highest BCUT2D eigenvalue weighted by Crippen LogP contribution is 2.28. The van der Waals surface area contributed by atoms with E-state index in [2.05, 4.69) is 5.32 Å². The largest absolute Gasteiger partial charge is 0.497 e. The molecule has 0 aromatic heterocycles. The SMILES string of the molecule is COc1ccc(C(O)C(CNCc2ccccc2)S(=O)(=O)c2ccc(C)cc2)cc1. The fraction of sp³-hybridized carbons (Fsp3) is 0.250. The molecule has 0 saturated carbocycles. The van der Waals surface area contributed by atoms with Gasteiger partial charge in [-0.25, -0.2) is 8.42 Å². The zero-order valence-electron chi connectivity index (χ0n) is 17.2. The Morgan fingerprint density at radius 2 is 1.57 bits per heavy atom. The number of hydrogen-bond donors (Lipinski definition) is 2. The first-order chi connectivity index (χ1) is 14.4. The van der Waals surface area contributed by atoms with Gasteiger partial charge in [0.2, 0.25) is 0 Å². The Kier molecular flexibility index (Phi) is 7.26. The predicted molar refractivity (Wildman–Crippen MR) is 118 cm³/mol. The fourth-order valence-corrected chi connectivity index (χ4v) is 4.96. The summed E-state index contributed by atoms with van der Waals surface area (Å²) in [6.07, 6.45) is -1.19.